The van der Waals surface area contributed by atoms with Gasteiger partial charge in [-0.2, -0.15) is 9.40 Å². The van der Waals surface area contributed by atoms with Crippen LogP contribution in [-0.4, -0.2) is 65.2 Å². The Morgan fingerprint density at radius 3 is 2.24 bits per heavy atom. The summed E-state index contributed by atoms with van der Waals surface area (Å²) < 4.78 is 28.2. The van der Waals surface area contributed by atoms with Crippen LogP contribution in [0.4, 0.5) is 0 Å². The van der Waals surface area contributed by atoms with E-state index >= 15 is 0 Å². The molecule has 0 spiro atoms. The molecule has 0 N–H and O–H groups in total. The highest BCUT2D eigenvalue weighted by Gasteiger charge is 2.30. The lowest BCUT2D eigenvalue weighted by Gasteiger charge is -2.36. The number of hydrogen-bond acceptors (Lipinski definition) is 4. The second-order valence-electron chi connectivity index (χ2n) is 7.43. The summed E-state index contributed by atoms with van der Waals surface area (Å²) in [6, 6.07) is 7.40. The average molecular weight is 483 g/mol. The van der Waals surface area contributed by atoms with Crippen LogP contribution in [0.2, 0.25) is 0 Å². The van der Waals surface area contributed by atoms with Crippen LogP contribution in [0, 0.1) is 13.8 Å². The molecule has 1 aliphatic heterocycles. The summed E-state index contributed by atoms with van der Waals surface area (Å²) in [5.41, 5.74) is 3.46. The number of carbonyl (C=O) groups is 1. The van der Waals surface area contributed by atoms with Crippen LogP contribution in [0.15, 0.2) is 28.7 Å². The van der Waals surface area contributed by atoms with Crippen LogP contribution in [0.1, 0.15) is 41.5 Å². The van der Waals surface area contributed by atoms with E-state index in [1.807, 2.05) is 54.6 Å². The van der Waals surface area contributed by atoms with Crippen molar-refractivity contribution in [2.24, 2.45) is 0 Å². The Morgan fingerprint density at radius 1 is 1.21 bits per heavy atom. The lowest BCUT2D eigenvalue weighted by atomic mass is 10.0. The molecule has 1 saturated heterocycles. The molecule has 29 heavy (non-hydrogen) atoms. The van der Waals surface area contributed by atoms with Crippen molar-refractivity contribution in [1.29, 1.82) is 0 Å². The molecule has 1 aliphatic rings. The monoisotopic (exact) mass is 482 g/mol. The summed E-state index contributed by atoms with van der Waals surface area (Å²) in [5.74, 6) is -0.0213. The first-order valence-corrected chi connectivity index (χ1v) is 12.4. The Labute approximate surface area is 180 Å². The van der Waals surface area contributed by atoms with Gasteiger partial charge in [0.15, 0.2) is 0 Å². The first-order chi connectivity index (χ1) is 13.6. The van der Waals surface area contributed by atoms with E-state index in [9.17, 15) is 13.2 Å². The molecule has 158 valence electrons. The highest BCUT2D eigenvalue weighted by atomic mass is 79.9. The van der Waals surface area contributed by atoms with Crippen LogP contribution < -0.4 is 0 Å². The van der Waals surface area contributed by atoms with Gasteiger partial charge in [-0.25, -0.2) is 13.1 Å². The summed E-state index contributed by atoms with van der Waals surface area (Å²) in [6.45, 7) is 7.36. The Kier molecular flexibility index (Phi) is 6.50. The number of aromatic nitrogens is 2. The lowest BCUT2D eigenvalue weighted by molar-refractivity contribution is 0.0680. The zero-order chi connectivity index (χ0) is 21.3. The largest absolute Gasteiger partial charge is 0.339 e. The molecule has 1 fully saturated rings. The minimum Gasteiger partial charge on any atom is -0.339 e. The summed E-state index contributed by atoms with van der Waals surface area (Å²) in [6.07, 6.45) is 2.56. The topological polar surface area (TPSA) is 75.5 Å². The highest BCUT2D eigenvalue weighted by Crippen LogP contribution is 2.24. The van der Waals surface area contributed by atoms with Crippen molar-refractivity contribution in [2.75, 3.05) is 25.9 Å². The number of amides is 1. The van der Waals surface area contributed by atoms with Gasteiger partial charge in [0.2, 0.25) is 10.0 Å². The fourth-order valence-electron chi connectivity index (χ4n) is 3.92. The molecule has 0 aliphatic carbocycles. The molecule has 0 unspecified atom stereocenters. The zero-order valence-electron chi connectivity index (χ0n) is 17.2. The van der Waals surface area contributed by atoms with Crippen molar-refractivity contribution in [3.05, 3.63) is 45.7 Å². The van der Waals surface area contributed by atoms with Crippen molar-refractivity contribution in [1.82, 2.24) is 19.0 Å². The summed E-state index contributed by atoms with van der Waals surface area (Å²) in [4.78, 5) is 14.7. The second kappa shape index (κ2) is 8.57. The van der Waals surface area contributed by atoms with Gasteiger partial charge in [-0.05, 0) is 66.9 Å². The lowest BCUT2D eigenvalue weighted by Crippen LogP contribution is -2.48. The van der Waals surface area contributed by atoms with Crippen molar-refractivity contribution in [2.45, 2.75) is 39.7 Å². The van der Waals surface area contributed by atoms with Gasteiger partial charge in [0.05, 0.1) is 27.8 Å². The van der Waals surface area contributed by atoms with E-state index in [1.165, 1.54) is 10.6 Å². The maximum Gasteiger partial charge on any atom is 0.253 e. The number of carbonyl (C=O) groups excluding carboxylic acids is 1. The molecule has 0 saturated carbocycles. The number of hydrogen-bond donors (Lipinski definition) is 0. The number of likely N-dealkylation sites (tertiary alicyclic amines) is 1. The van der Waals surface area contributed by atoms with E-state index in [4.69, 9.17) is 0 Å². The summed E-state index contributed by atoms with van der Waals surface area (Å²) in [5, 5.41) is 4.52. The third-order valence-corrected chi connectivity index (χ3v) is 8.01. The van der Waals surface area contributed by atoms with Crippen molar-refractivity contribution in [3.63, 3.8) is 0 Å². The number of benzene rings is 1. The Balaban J connectivity index is 1.68. The van der Waals surface area contributed by atoms with Crippen LogP contribution in [0.25, 0.3) is 5.69 Å². The van der Waals surface area contributed by atoms with Crippen LogP contribution in [0.5, 0.6) is 0 Å². The molecule has 7 nitrogen and oxygen atoms in total. The molecule has 0 atom stereocenters. The number of aryl methyl sites for hydroxylation is 1. The predicted molar refractivity (Wildman–Crippen MR) is 117 cm³/mol. The van der Waals surface area contributed by atoms with E-state index < -0.39 is 10.0 Å². The third kappa shape index (κ3) is 4.57. The average Bonchev–Trinajstić information content (AvgIpc) is 2.95. The first kappa shape index (κ1) is 22.0. The maximum absolute atomic E-state index is 12.9. The highest BCUT2D eigenvalue weighted by molar-refractivity contribution is 9.10. The molecule has 9 heteroatoms. The molecule has 0 radical (unpaired) electrons. The van der Waals surface area contributed by atoms with Crippen molar-refractivity contribution < 1.29 is 13.2 Å². The maximum atomic E-state index is 12.9. The first-order valence-electron chi connectivity index (χ1n) is 9.71. The van der Waals surface area contributed by atoms with Crippen molar-refractivity contribution in [3.8, 4) is 5.69 Å². The fraction of sp³-hybridized carbons (Fsp3) is 0.500. The van der Waals surface area contributed by atoms with E-state index in [0.29, 0.717) is 38.0 Å². The van der Waals surface area contributed by atoms with E-state index in [1.54, 1.807) is 0 Å². The molecule has 1 aromatic heterocycles. The number of nitrogens with zero attached hydrogens (tertiary/aromatic N) is 4. The summed E-state index contributed by atoms with van der Waals surface area (Å²) in [7, 11) is -3.22. The number of piperidine rings is 1. The van der Waals surface area contributed by atoms with E-state index in [-0.39, 0.29) is 11.9 Å². The Morgan fingerprint density at radius 2 is 1.79 bits per heavy atom. The zero-order valence-corrected chi connectivity index (χ0v) is 19.6. The van der Waals surface area contributed by atoms with Gasteiger partial charge in [0.25, 0.3) is 5.91 Å². The van der Waals surface area contributed by atoms with Gasteiger partial charge in [-0.1, -0.05) is 6.92 Å². The molecular weight excluding hydrogens is 456 g/mol. The van der Waals surface area contributed by atoms with Gasteiger partial charge in [-0.3, -0.25) is 4.79 Å². The van der Waals surface area contributed by atoms with Crippen LogP contribution >= 0.6 is 15.9 Å². The molecule has 3 rings (SSSR count). The predicted octanol–water partition coefficient (Wildman–Crippen LogP) is 3.14. The van der Waals surface area contributed by atoms with E-state index in [0.717, 1.165) is 21.5 Å². The van der Waals surface area contributed by atoms with Gasteiger partial charge >= 0.3 is 0 Å². The molecular formula is C20H27BrN4O3S. The summed E-state index contributed by atoms with van der Waals surface area (Å²) >= 11 is 3.53. The molecule has 2 heterocycles. The molecule has 0 bridgehead atoms. The molecule has 2 aromatic rings. The van der Waals surface area contributed by atoms with Gasteiger partial charge in [0.1, 0.15) is 0 Å². The Hall–Kier alpha value is -1.71. The fourth-order valence-corrected chi connectivity index (χ4v) is 5.39. The normalized spacial score (nSPS) is 15.9. The van der Waals surface area contributed by atoms with Crippen LogP contribution in [-0.2, 0) is 10.0 Å². The third-order valence-electron chi connectivity index (χ3n) is 5.46. The standard InChI is InChI=1S/C20H27BrN4O3S/c1-5-24(29(4,27)28)17-10-12-23(13-11-17)20(26)16-6-8-18(9-7-16)25-15(3)19(21)14(2)22-25/h6-9,17H,5,10-13H2,1-4H3. The Bertz CT molecular complexity index is 993. The van der Waals surface area contributed by atoms with Gasteiger partial charge < -0.3 is 4.90 Å². The minimum absolute atomic E-state index is 0.0213. The molecule has 1 aromatic carbocycles. The smallest absolute Gasteiger partial charge is 0.253 e. The SMILES string of the molecule is CCN(C1CCN(C(=O)c2ccc(-n3nc(C)c(Br)c3C)cc2)CC1)S(C)(=O)=O. The van der Waals surface area contributed by atoms with E-state index in [2.05, 4.69) is 21.0 Å². The van der Waals surface area contributed by atoms with Crippen LogP contribution in [0.3, 0.4) is 0 Å². The van der Waals surface area contributed by atoms with Gasteiger partial charge in [-0.15, -0.1) is 0 Å². The molecule has 1 amide bonds. The van der Waals surface area contributed by atoms with Crippen molar-refractivity contribution >= 4 is 31.9 Å². The quantitative estimate of drug-likeness (QED) is 0.655. The number of halogens is 1. The second-order valence-corrected chi connectivity index (χ2v) is 10.2. The number of rotatable bonds is 5. The number of sulfonamides is 1. The van der Waals surface area contributed by atoms with Gasteiger partial charge in [0, 0.05) is 31.2 Å². The minimum atomic E-state index is -3.22.